The van der Waals surface area contributed by atoms with Gasteiger partial charge < -0.3 is 10.2 Å². The summed E-state index contributed by atoms with van der Waals surface area (Å²) in [5, 5.41) is 11.8. The lowest BCUT2D eigenvalue weighted by molar-refractivity contribution is 0.0983. The van der Waals surface area contributed by atoms with Crippen LogP contribution in [-0.4, -0.2) is 18.4 Å². The molecule has 3 aromatic carbocycles. The third-order valence-electron chi connectivity index (χ3n) is 5.00. The normalized spacial score (nSPS) is 12.6. The van der Waals surface area contributed by atoms with E-state index < -0.39 is 0 Å². The third kappa shape index (κ3) is 3.87. The Bertz CT molecular complexity index is 1100. The van der Waals surface area contributed by atoms with Crippen molar-refractivity contribution in [2.75, 3.05) is 16.8 Å². The molecule has 0 atom stereocenters. The van der Waals surface area contributed by atoms with Gasteiger partial charge in [-0.05, 0) is 73.0 Å². The minimum absolute atomic E-state index is 0.0130. The highest BCUT2D eigenvalue weighted by atomic mass is 16.2. The van der Waals surface area contributed by atoms with E-state index in [1.54, 1.807) is 29.2 Å². The van der Waals surface area contributed by atoms with Crippen molar-refractivity contribution in [2.45, 2.75) is 12.8 Å². The standard InChI is InChI=1S/C24H19N3O2/c25-16-17-8-10-18(11-9-17)23(28)26-21-12-13-22-20(15-21)7-4-14-27(22)24(29)19-5-2-1-3-6-19/h1-3,5-6,8-13,15H,4,7,14H2,(H,26,28). The number of nitrogens with one attached hydrogen (secondary N) is 1. The van der Waals surface area contributed by atoms with Gasteiger partial charge in [0.15, 0.2) is 0 Å². The van der Waals surface area contributed by atoms with E-state index in [1.165, 1.54) is 0 Å². The molecule has 0 fully saturated rings. The van der Waals surface area contributed by atoms with Crippen molar-refractivity contribution in [3.8, 4) is 6.07 Å². The second-order valence-corrected chi connectivity index (χ2v) is 6.91. The maximum Gasteiger partial charge on any atom is 0.258 e. The van der Waals surface area contributed by atoms with Gasteiger partial charge >= 0.3 is 0 Å². The molecule has 5 heteroatoms. The van der Waals surface area contributed by atoms with Gasteiger partial charge in [0, 0.05) is 29.0 Å². The van der Waals surface area contributed by atoms with E-state index in [0.29, 0.717) is 28.9 Å². The summed E-state index contributed by atoms with van der Waals surface area (Å²) in [6.07, 6.45) is 1.73. The number of hydrogen-bond donors (Lipinski definition) is 1. The molecule has 5 nitrogen and oxygen atoms in total. The Kier molecular flexibility index (Phi) is 5.08. The number of nitriles is 1. The van der Waals surface area contributed by atoms with Crippen molar-refractivity contribution in [1.29, 1.82) is 5.26 Å². The van der Waals surface area contributed by atoms with E-state index in [4.69, 9.17) is 5.26 Å². The molecule has 0 spiro atoms. The molecule has 0 aromatic heterocycles. The number of nitrogens with zero attached hydrogens (tertiary/aromatic N) is 2. The molecule has 0 bridgehead atoms. The van der Waals surface area contributed by atoms with Gasteiger partial charge in [-0.25, -0.2) is 0 Å². The van der Waals surface area contributed by atoms with Crippen LogP contribution < -0.4 is 10.2 Å². The Morgan fingerprint density at radius 3 is 2.41 bits per heavy atom. The average molecular weight is 381 g/mol. The maximum atomic E-state index is 12.9. The number of carbonyl (C=O) groups excluding carboxylic acids is 2. The van der Waals surface area contributed by atoms with Crippen LogP contribution in [-0.2, 0) is 6.42 Å². The Hall–Kier alpha value is -3.91. The number of hydrogen-bond acceptors (Lipinski definition) is 3. The van der Waals surface area contributed by atoms with Crippen molar-refractivity contribution in [3.63, 3.8) is 0 Å². The first-order valence-corrected chi connectivity index (χ1v) is 9.47. The van der Waals surface area contributed by atoms with Crippen molar-refractivity contribution in [2.24, 2.45) is 0 Å². The fourth-order valence-corrected chi connectivity index (χ4v) is 3.52. The zero-order valence-electron chi connectivity index (χ0n) is 15.8. The van der Waals surface area contributed by atoms with E-state index in [0.717, 1.165) is 24.1 Å². The van der Waals surface area contributed by atoms with E-state index in [9.17, 15) is 9.59 Å². The topological polar surface area (TPSA) is 73.2 Å². The maximum absolute atomic E-state index is 12.9. The monoisotopic (exact) mass is 381 g/mol. The first-order chi connectivity index (χ1) is 14.2. The second kappa shape index (κ2) is 7.99. The molecule has 29 heavy (non-hydrogen) atoms. The van der Waals surface area contributed by atoms with Gasteiger partial charge in [-0.15, -0.1) is 0 Å². The molecule has 0 radical (unpaired) electrons. The Morgan fingerprint density at radius 1 is 0.931 bits per heavy atom. The van der Waals surface area contributed by atoms with Crippen molar-refractivity contribution < 1.29 is 9.59 Å². The van der Waals surface area contributed by atoms with Crippen LogP contribution in [0.1, 0.15) is 38.3 Å². The Labute approximate surface area is 169 Å². The summed E-state index contributed by atoms with van der Waals surface area (Å²) in [7, 11) is 0. The molecule has 1 N–H and O–H groups in total. The number of amides is 2. The number of anilines is 2. The van der Waals surface area contributed by atoms with Gasteiger partial charge in [0.2, 0.25) is 0 Å². The Balaban J connectivity index is 1.54. The molecule has 1 aliphatic heterocycles. The summed E-state index contributed by atoms with van der Waals surface area (Å²) in [5.74, 6) is -0.247. The zero-order chi connectivity index (χ0) is 20.2. The van der Waals surface area contributed by atoms with E-state index in [-0.39, 0.29) is 11.8 Å². The molecule has 1 heterocycles. The van der Waals surface area contributed by atoms with Crippen LogP contribution in [0.4, 0.5) is 11.4 Å². The summed E-state index contributed by atoms with van der Waals surface area (Å²) in [4.78, 5) is 27.2. The molecule has 142 valence electrons. The molecular weight excluding hydrogens is 362 g/mol. The van der Waals surface area contributed by atoms with Crippen molar-refractivity contribution in [3.05, 3.63) is 95.1 Å². The predicted molar refractivity (Wildman–Crippen MR) is 112 cm³/mol. The molecule has 2 amide bonds. The summed E-state index contributed by atoms with van der Waals surface area (Å²) in [6, 6.07) is 23.4. The van der Waals surface area contributed by atoms with Crippen LogP contribution in [0.2, 0.25) is 0 Å². The molecule has 0 saturated carbocycles. The zero-order valence-corrected chi connectivity index (χ0v) is 15.8. The summed E-state index contributed by atoms with van der Waals surface area (Å²) in [5.41, 5.74) is 4.28. The minimum Gasteiger partial charge on any atom is -0.322 e. The van der Waals surface area contributed by atoms with Gasteiger partial charge in [0.1, 0.15) is 0 Å². The summed E-state index contributed by atoms with van der Waals surface area (Å²) < 4.78 is 0. The predicted octanol–water partition coefficient (Wildman–Crippen LogP) is 4.40. The van der Waals surface area contributed by atoms with E-state index in [2.05, 4.69) is 5.32 Å². The molecule has 4 rings (SSSR count). The highest BCUT2D eigenvalue weighted by Gasteiger charge is 2.23. The smallest absolute Gasteiger partial charge is 0.258 e. The molecule has 3 aromatic rings. The van der Waals surface area contributed by atoms with Gasteiger partial charge in [0.25, 0.3) is 11.8 Å². The van der Waals surface area contributed by atoms with Crippen LogP contribution in [0.25, 0.3) is 0 Å². The molecule has 0 aliphatic carbocycles. The quantitative estimate of drug-likeness (QED) is 0.731. The highest BCUT2D eigenvalue weighted by molar-refractivity contribution is 6.07. The van der Waals surface area contributed by atoms with Crippen molar-refractivity contribution >= 4 is 23.2 Å². The second-order valence-electron chi connectivity index (χ2n) is 6.91. The number of benzene rings is 3. The fraction of sp³-hybridized carbons (Fsp3) is 0.125. The minimum atomic E-state index is -0.234. The average Bonchev–Trinajstić information content (AvgIpc) is 2.78. The van der Waals surface area contributed by atoms with E-state index in [1.807, 2.05) is 54.6 Å². The van der Waals surface area contributed by atoms with Gasteiger partial charge in [-0.3, -0.25) is 9.59 Å². The van der Waals surface area contributed by atoms with Crippen LogP contribution >= 0.6 is 0 Å². The molecular formula is C24H19N3O2. The summed E-state index contributed by atoms with van der Waals surface area (Å²) >= 11 is 0. The van der Waals surface area contributed by atoms with Gasteiger partial charge in [0.05, 0.1) is 11.6 Å². The molecule has 0 unspecified atom stereocenters. The summed E-state index contributed by atoms with van der Waals surface area (Å²) in [6.45, 7) is 0.678. The van der Waals surface area contributed by atoms with Crippen LogP contribution in [0.5, 0.6) is 0 Å². The number of fused-ring (bicyclic) bond motifs is 1. The fourth-order valence-electron chi connectivity index (χ4n) is 3.52. The molecule has 1 aliphatic rings. The number of rotatable bonds is 3. The Morgan fingerprint density at radius 2 is 1.69 bits per heavy atom. The number of aryl methyl sites for hydroxylation is 1. The molecule has 0 saturated heterocycles. The van der Waals surface area contributed by atoms with E-state index >= 15 is 0 Å². The SMILES string of the molecule is N#Cc1ccc(C(=O)Nc2ccc3c(c2)CCCN3C(=O)c2ccccc2)cc1. The highest BCUT2D eigenvalue weighted by Crippen LogP contribution is 2.31. The van der Waals surface area contributed by atoms with Crippen LogP contribution in [0.3, 0.4) is 0 Å². The van der Waals surface area contributed by atoms with Gasteiger partial charge in [-0.1, -0.05) is 18.2 Å². The first-order valence-electron chi connectivity index (χ1n) is 9.47. The van der Waals surface area contributed by atoms with Crippen molar-refractivity contribution in [1.82, 2.24) is 0 Å². The lowest BCUT2D eigenvalue weighted by atomic mass is 10.00. The lowest BCUT2D eigenvalue weighted by Crippen LogP contribution is -2.35. The van der Waals surface area contributed by atoms with Crippen LogP contribution in [0, 0.1) is 11.3 Å². The number of carbonyl (C=O) groups is 2. The first kappa shape index (κ1) is 18.5. The third-order valence-corrected chi connectivity index (χ3v) is 5.00. The lowest BCUT2D eigenvalue weighted by Gasteiger charge is -2.30. The van der Waals surface area contributed by atoms with Gasteiger partial charge in [-0.2, -0.15) is 5.26 Å². The largest absolute Gasteiger partial charge is 0.322 e. The van der Waals surface area contributed by atoms with Crippen LogP contribution in [0.15, 0.2) is 72.8 Å².